The summed E-state index contributed by atoms with van der Waals surface area (Å²) in [4.78, 5) is 28.5. The molecule has 0 saturated heterocycles. The van der Waals surface area contributed by atoms with E-state index in [1.165, 1.54) is 11.4 Å². The summed E-state index contributed by atoms with van der Waals surface area (Å²) in [6, 6.07) is 16.2. The number of anilines is 2. The molecule has 0 spiro atoms. The van der Waals surface area contributed by atoms with Crippen LogP contribution in [0.5, 0.6) is 0 Å². The second-order valence-corrected chi connectivity index (χ2v) is 9.45. The first kappa shape index (κ1) is 29.9. The van der Waals surface area contributed by atoms with Crippen LogP contribution < -0.4 is 20.7 Å². The highest BCUT2D eigenvalue weighted by Gasteiger charge is 2.04. The number of nitrogens with one attached hydrogen (secondary N) is 2. The SMILES string of the molecule is CCN(CC)c1ccc(/C=N/NC(=O)CCSCCC(=O)N/N=C/c2ccc(N(CC)CC)cc2)cc1. The Bertz CT molecular complexity index is 919. The van der Waals surface area contributed by atoms with E-state index in [1.807, 2.05) is 24.3 Å². The van der Waals surface area contributed by atoms with Gasteiger partial charge in [-0.1, -0.05) is 24.3 Å². The largest absolute Gasteiger partial charge is 0.372 e. The standard InChI is InChI=1S/C28H40N6O2S/c1-5-33(6-2)25-13-9-23(10-14-25)21-29-31-27(35)17-19-37-20-18-28(36)32-30-22-24-11-15-26(16-12-24)34(7-3)8-4/h9-16,21-22H,5-8,17-20H2,1-4H3,(H,31,35)(H,32,36)/b29-21+,30-22+. The first-order valence-corrected chi connectivity index (χ1v) is 14.1. The summed E-state index contributed by atoms with van der Waals surface area (Å²) in [5.41, 5.74) is 9.31. The number of carbonyl (C=O) groups is 2. The summed E-state index contributed by atoms with van der Waals surface area (Å²) >= 11 is 1.55. The Labute approximate surface area is 225 Å². The molecule has 8 nitrogen and oxygen atoms in total. The molecule has 0 aromatic heterocycles. The predicted molar refractivity (Wildman–Crippen MR) is 158 cm³/mol. The Balaban J connectivity index is 1.58. The molecule has 0 bridgehead atoms. The Morgan fingerprint density at radius 1 is 0.676 bits per heavy atom. The molecule has 2 N–H and O–H groups in total. The molecular weight excluding hydrogens is 484 g/mol. The zero-order valence-electron chi connectivity index (χ0n) is 22.4. The molecule has 2 aromatic carbocycles. The molecule has 0 aliphatic heterocycles. The van der Waals surface area contributed by atoms with Crippen molar-refractivity contribution in [2.24, 2.45) is 10.2 Å². The Hall–Kier alpha value is -3.33. The fourth-order valence-electron chi connectivity index (χ4n) is 3.62. The molecule has 0 fully saturated rings. The first-order valence-electron chi connectivity index (χ1n) is 12.9. The van der Waals surface area contributed by atoms with Gasteiger partial charge in [-0.05, 0) is 63.1 Å². The second kappa shape index (κ2) is 17.2. The fraction of sp³-hybridized carbons (Fsp3) is 0.429. The molecule has 0 radical (unpaired) electrons. The minimum absolute atomic E-state index is 0.149. The molecule has 2 aromatic rings. The van der Waals surface area contributed by atoms with Crippen molar-refractivity contribution in [2.45, 2.75) is 40.5 Å². The molecule has 2 rings (SSSR count). The summed E-state index contributed by atoms with van der Waals surface area (Å²) in [6.45, 7) is 12.4. The van der Waals surface area contributed by atoms with Crippen molar-refractivity contribution in [1.29, 1.82) is 0 Å². The van der Waals surface area contributed by atoms with Gasteiger partial charge in [0.15, 0.2) is 0 Å². The number of hydrogen-bond donors (Lipinski definition) is 2. The van der Waals surface area contributed by atoms with Gasteiger partial charge in [-0.15, -0.1) is 0 Å². The highest BCUT2D eigenvalue weighted by molar-refractivity contribution is 7.99. The van der Waals surface area contributed by atoms with Crippen molar-refractivity contribution in [3.8, 4) is 0 Å². The van der Waals surface area contributed by atoms with E-state index in [-0.39, 0.29) is 11.8 Å². The molecule has 200 valence electrons. The van der Waals surface area contributed by atoms with Gasteiger partial charge in [-0.3, -0.25) is 9.59 Å². The van der Waals surface area contributed by atoms with E-state index in [2.05, 4.69) is 82.8 Å². The Kier molecular flexibility index (Phi) is 13.9. The summed E-state index contributed by atoms with van der Waals surface area (Å²) in [5.74, 6) is 0.944. The highest BCUT2D eigenvalue weighted by Crippen LogP contribution is 2.15. The Morgan fingerprint density at radius 2 is 1.03 bits per heavy atom. The second-order valence-electron chi connectivity index (χ2n) is 8.23. The van der Waals surface area contributed by atoms with Gasteiger partial charge in [0.05, 0.1) is 12.4 Å². The van der Waals surface area contributed by atoms with Crippen LogP contribution >= 0.6 is 11.8 Å². The van der Waals surface area contributed by atoms with E-state index in [4.69, 9.17) is 0 Å². The van der Waals surface area contributed by atoms with Gasteiger partial charge in [0, 0.05) is 61.9 Å². The van der Waals surface area contributed by atoms with Crippen molar-refractivity contribution in [3.63, 3.8) is 0 Å². The van der Waals surface area contributed by atoms with E-state index in [0.29, 0.717) is 24.3 Å². The van der Waals surface area contributed by atoms with Gasteiger partial charge >= 0.3 is 0 Å². The molecule has 2 amide bonds. The quantitative estimate of drug-likeness (QED) is 0.192. The zero-order chi connectivity index (χ0) is 26.9. The number of hydrogen-bond acceptors (Lipinski definition) is 7. The van der Waals surface area contributed by atoms with Crippen molar-refractivity contribution in [3.05, 3.63) is 59.7 Å². The fourth-order valence-corrected chi connectivity index (χ4v) is 4.48. The number of nitrogens with zero attached hydrogens (tertiary/aromatic N) is 4. The third-order valence-electron chi connectivity index (χ3n) is 5.80. The molecule has 0 saturated carbocycles. The van der Waals surface area contributed by atoms with Crippen LogP contribution in [0, 0.1) is 0 Å². The number of thioether (sulfide) groups is 1. The maximum Gasteiger partial charge on any atom is 0.240 e. The topological polar surface area (TPSA) is 89.4 Å². The third-order valence-corrected chi connectivity index (χ3v) is 6.78. The van der Waals surface area contributed by atoms with Crippen LogP contribution in [0.2, 0.25) is 0 Å². The van der Waals surface area contributed by atoms with Gasteiger partial charge in [-0.2, -0.15) is 22.0 Å². The summed E-state index contributed by atoms with van der Waals surface area (Å²) in [6.07, 6.45) is 3.96. The lowest BCUT2D eigenvalue weighted by Crippen LogP contribution is -2.21. The van der Waals surface area contributed by atoms with E-state index >= 15 is 0 Å². The minimum Gasteiger partial charge on any atom is -0.372 e. The molecule has 0 atom stereocenters. The van der Waals surface area contributed by atoms with E-state index in [0.717, 1.165) is 37.3 Å². The van der Waals surface area contributed by atoms with E-state index in [1.54, 1.807) is 24.2 Å². The smallest absolute Gasteiger partial charge is 0.240 e. The van der Waals surface area contributed by atoms with Crippen LogP contribution in [0.1, 0.15) is 51.7 Å². The maximum absolute atomic E-state index is 12.0. The van der Waals surface area contributed by atoms with Crippen LogP contribution in [0.25, 0.3) is 0 Å². The Morgan fingerprint density at radius 3 is 1.35 bits per heavy atom. The molecule has 37 heavy (non-hydrogen) atoms. The monoisotopic (exact) mass is 524 g/mol. The van der Waals surface area contributed by atoms with Crippen molar-refractivity contribution >= 4 is 47.4 Å². The number of benzene rings is 2. The number of carbonyl (C=O) groups excluding carboxylic acids is 2. The molecule has 0 heterocycles. The van der Waals surface area contributed by atoms with Crippen LogP contribution in [-0.4, -0.2) is 61.9 Å². The van der Waals surface area contributed by atoms with Crippen molar-refractivity contribution < 1.29 is 9.59 Å². The van der Waals surface area contributed by atoms with Gasteiger partial charge in [-0.25, -0.2) is 10.9 Å². The summed E-state index contributed by atoms with van der Waals surface area (Å²) in [7, 11) is 0. The third kappa shape index (κ3) is 11.1. The molecule has 0 unspecified atom stereocenters. The summed E-state index contributed by atoms with van der Waals surface area (Å²) < 4.78 is 0. The van der Waals surface area contributed by atoms with Crippen LogP contribution in [0.4, 0.5) is 11.4 Å². The molecular formula is C28H40N6O2S. The van der Waals surface area contributed by atoms with Crippen LogP contribution in [0.15, 0.2) is 58.7 Å². The lowest BCUT2D eigenvalue weighted by Gasteiger charge is -2.20. The lowest BCUT2D eigenvalue weighted by molar-refractivity contribution is -0.121. The van der Waals surface area contributed by atoms with E-state index in [9.17, 15) is 9.59 Å². The first-order chi connectivity index (χ1) is 18.0. The minimum atomic E-state index is -0.149. The number of hydrazone groups is 2. The van der Waals surface area contributed by atoms with Crippen LogP contribution in [0.3, 0.4) is 0 Å². The average Bonchev–Trinajstić information content (AvgIpc) is 2.91. The predicted octanol–water partition coefficient (Wildman–Crippen LogP) is 4.49. The average molecular weight is 525 g/mol. The number of amides is 2. The van der Waals surface area contributed by atoms with Gasteiger partial charge in [0.25, 0.3) is 0 Å². The van der Waals surface area contributed by atoms with Gasteiger partial charge < -0.3 is 9.80 Å². The summed E-state index contributed by atoms with van der Waals surface area (Å²) in [5, 5.41) is 8.07. The molecule has 9 heteroatoms. The van der Waals surface area contributed by atoms with Gasteiger partial charge in [0.1, 0.15) is 0 Å². The van der Waals surface area contributed by atoms with Crippen molar-refractivity contribution in [2.75, 3.05) is 47.5 Å². The molecule has 0 aliphatic rings. The number of rotatable bonds is 16. The van der Waals surface area contributed by atoms with E-state index < -0.39 is 0 Å². The normalized spacial score (nSPS) is 11.1. The molecule has 0 aliphatic carbocycles. The van der Waals surface area contributed by atoms with Crippen molar-refractivity contribution in [1.82, 2.24) is 10.9 Å². The van der Waals surface area contributed by atoms with Gasteiger partial charge in [0.2, 0.25) is 11.8 Å². The van der Waals surface area contributed by atoms with Crippen LogP contribution in [-0.2, 0) is 9.59 Å². The lowest BCUT2D eigenvalue weighted by atomic mass is 10.2. The highest BCUT2D eigenvalue weighted by atomic mass is 32.2. The zero-order valence-corrected chi connectivity index (χ0v) is 23.3. The maximum atomic E-state index is 12.0.